The van der Waals surface area contributed by atoms with Crippen LogP contribution in [0.2, 0.25) is 0 Å². The molecule has 1 atom stereocenters. The van der Waals surface area contributed by atoms with Gasteiger partial charge < -0.3 is 14.7 Å². The van der Waals surface area contributed by atoms with Crippen molar-refractivity contribution < 1.29 is 14.6 Å². The molecule has 102 valence electrons. The Kier molecular flexibility index (Phi) is 6.53. The summed E-state index contributed by atoms with van der Waals surface area (Å²) in [7, 11) is 1.69. The molecular weight excluding hydrogens is 218 g/mol. The Morgan fingerprint density at radius 2 is 1.88 bits per heavy atom. The molecule has 4 heteroatoms. The summed E-state index contributed by atoms with van der Waals surface area (Å²) >= 11 is 0. The minimum atomic E-state index is -0.470. The SMILES string of the molecule is CC(C)CC(O)CCN(C)C(=O)OC(C)(C)C. The van der Waals surface area contributed by atoms with E-state index in [1.54, 1.807) is 7.05 Å². The highest BCUT2D eigenvalue weighted by atomic mass is 16.6. The van der Waals surface area contributed by atoms with Gasteiger partial charge in [0, 0.05) is 13.6 Å². The molecule has 1 unspecified atom stereocenters. The van der Waals surface area contributed by atoms with Crippen LogP contribution < -0.4 is 0 Å². The van der Waals surface area contributed by atoms with Gasteiger partial charge in [-0.3, -0.25) is 0 Å². The standard InChI is InChI=1S/C13H27NO3/c1-10(2)9-11(15)7-8-14(6)12(16)17-13(3,4)5/h10-11,15H,7-9H2,1-6H3. The third-order valence-electron chi connectivity index (χ3n) is 2.25. The molecule has 1 N–H and O–H groups in total. The molecule has 0 aromatic rings. The lowest BCUT2D eigenvalue weighted by Crippen LogP contribution is -2.35. The predicted molar refractivity (Wildman–Crippen MR) is 68.9 cm³/mol. The minimum Gasteiger partial charge on any atom is -0.444 e. The van der Waals surface area contributed by atoms with Gasteiger partial charge in [-0.2, -0.15) is 0 Å². The molecule has 0 saturated carbocycles. The van der Waals surface area contributed by atoms with Crippen LogP contribution >= 0.6 is 0 Å². The fourth-order valence-electron chi connectivity index (χ4n) is 1.44. The number of carbonyl (C=O) groups is 1. The van der Waals surface area contributed by atoms with Gasteiger partial charge in [-0.25, -0.2) is 4.79 Å². The molecule has 0 fully saturated rings. The van der Waals surface area contributed by atoms with Crippen LogP contribution in [-0.2, 0) is 4.74 Å². The van der Waals surface area contributed by atoms with Crippen molar-refractivity contribution in [3.63, 3.8) is 0 Å². The second kappa shape index (κ2) is 6.84. The summed E-state index contributed by atoms with van der Waals surface area (Å²) < 4.78 is 5.22. The first-order valence-electron chi connectivity index (χ1n) is 6.24. The van der Waals surface area contributed by atoms with Gasteiger partial charge in [0.2, 0.25) is 0 Å². The van der Waals surface area contributed by atoms with Gasteiger partial charge in [-0.1, -0.05) is 13.8 Å². The third kappa shape index (κ3) is 8.98. The highest BCUT2D eigenvalue weighted by Gasteiger charge is 2.20. The highest BCUT2D eigenvalue weighted by molar-refractivity contribution is 5.67. The number of hydrogen-bond acceptors (Lipinski definition) is 3. The summed E-state index contributed by atoms with van der Waals surface area (Å²) in [4.78, 5) is 13.1. The smallest absolute Gasteiger partial charge is 0.410 e. The Balaban J connectivity index is 3.93. The monoisotopic (exact) mass is 245 g/mol. The molecule has 0 aromatic carbocycles. The summed E-state index contributed by atoms with van der Waals surface area (Å²) in [6, 6.07) is 0. The molecule has 0 aliphatic heterocycles. The third-order valence-corrected chi connectivity index (χ3v) is 2.25. The van der Waals surface area contributed by atoms with Crippen molar-refractivity contribution in [3.05, 3.63) is 0 Å². The molecule has 0 rings (SSSR count). The topological polar surface area (TPSA) is 49.8 Å². The van der Waals surface area contributed by atoms with Crippen molar-refractivity contribution in [3.8, 4) is 0 Å². The average Bonchev–Trinajstić information content (AvgIpc) is 2.10. The van der Waals surface area contributed by atoms with E-state index >= 15 is 0 Å². The highest BCUT2D eigenvalue weighted by Crippen LogP contribution is 2.11. The normalized spacial score (nSPS) is 13.6. The van der Waals surface area contributed by atoms with Crippen LogP contribution in [0.15, 0.2) is 0 Å². The molecule has 0 spiro atoms. The fraction of sp³-hybridized carbons (Fsp3) is 0.923. The number of nitrogens with zero attached hydrogens (tertiary/aromatic N) is 1. The maximum Gasteiger partial charge on any atom is 0.410 e. The van der Waals surface area contributed by atoms with Gasteiger partial charge >= 0.3 is 6.09 Å². The van der Waals surface area contributed by atoms with Crippen molar-refractivity contribution in [2.45, 2.75) is 59.2 Å². The van der Waals surface area contributed by atoms with Crippen molar-refractivity contribution in [1.82, 2.24) is 4.90 Å². The molecule has 0 heterocycles. The van der Waals surface area contributed by atoms with Gasteiger partial charge in [-0.05, 0) is 39.5 Å². The lowest BCUT2D eigenvalue weighted by Gasteiger charge is -2.25. The van der Waals surface area contributed by atoms with Gasteiger partial charge in [-0.15, -0.1) is 0 Å². The van der Waals surface area contributed by atoms with Crippen molar-refractivity contribution in [1.29, 1.82) is 0 Å². The molecule has 0 aliphatic carbocycles. The number of carbonyl (C=O) groups excluding carboxylic acids is 1. The number of aliphatic hydroxyl groups is 1. The van der Waals surface area contributed by atoms with Gasteiger partial charge in [0.05, 0.1) is 6.10 Å². The van der Waals surface area contributed by atoms with E-state index in [9.17, 15) is 9.90 Å². The Morgan fingerprint density at radius 1 is 1.35 bits per heavy atom. The van der Waals surface area contributed by atoms with E-state index in [4.69, 9.17) is 4.74 Å². The van der Waals surface area contributed by atoms with Crippen LogP contribution in [-0.4, -0.2) is 41.4 Å². The molecule has 17 heavy (non-hydrogen) atoms. The van der Waals surface area contributed by atoms with Crippen LogP contribution in [0, 0.1) is 5.92 Å². The van der Waals surface area contributed by atoms with Crippen LogP contribution in [0.4, 0.5) is 4.79 Å². The van der Waals surface area contributed by atoms with E-state index in [1.807, 2.05) is 20.8 Å². The van der Waals surface area contributed by atoms with Crippen LogP contribution in [0.5, 0.6) is 0 Å². The summed E-state index contributed by atoms with van der Waals surface area (Å²) in [5.74, 6) is 0.469. The average molecular weight is 245 g/mol. The molecule has 0 radical (unpaired) electrons. The van der Waals surface area contributed by atoms with Crippen LogP contribution in [0.25, 0.3) is 0 Å². The lowest BCUT2D eigenvalue weighted by molar-refractivity contribution is 0.0268. The first-order valence-corrected chi connectivity index (χ1v) is 6.24. The minimum absolute atomic E-state index is 0.339. The molecule has 0 saturated heterocycles. The van der Waals surface area contributed by atoms with Gasteiger partial charge in [0.25, 0.3) is 0 Å². The second-order valence-corrected chi connectivity index (χ2v) is 5.97. The maximum atomic E-state index is 11.6. The Labute approximate surface area is 105 Å². The number of hydrogen-bond donors (Lipinski definition) is 1. The van der Waals surface area contributed by atoms with Gasteiger partial charge in [0.1, 0.15) is 5.60 Å². The number of rotatable bonds is 5. The molecule has 1 amide bonds. The summed E-state index contributed by atoms with van der Waals surface area (Å²) in [6.07, 6.45) is 0.671. The Bertz CT molecular complexity index is 233. The first-order chi connectivity index (χ1) is 7.61. The van der Waals surface area contributed by atoms with Crippen LogP contribution in [0.1, 0.15) is 47.5 Å². The summed E-state index contributed by atoms with van der Waals surface area (Å²) in [6.45, 7) is 10.2. The van der Waals surface area contributed by atoms with E-state index in [2.05, 4.69) is 13.8 Å². The Morgan fingerprint density at radius 3 is 2.29 bits per heavy atom. The molecule has 0 aliphatic rings. The zero-order valence-electron chi connectivity index (χ0n) is 12.0. The van der Waals surface area contributed by atoms with Crippen molar-refractivity contribution in [2.24, 2.45) is 5.92 Å². The molecule has 0 bridgehead atoms. The number of amides is 1. The number of aliphatic hydroxyl groups excluding tert-OH is 1. The van der Waals surface area contributed by atoms with Crippen molar-refractivity contribution >= 4 is 6.09 Å². The first kappa shape index (κ1) is 16.2. The van der Waals surface area contributed by atoms with E-state index in [-0.39, 0.29) is 12.2 Å². The summed E-state index contributed by atoms with van der Waals surface area (Å²) in [5.41, 5.74) is -0.470. The van der Waals surface area contributed by atoms with E-state index in [0.29, 0.717) is 18.9 Å². The molecular formula is C13H27NO3. The predicted octanol–water partition coefficient (Wildman–Crippen LogP) is 2.65. The van der Waals surface area contributed by atoms with E-state index in [0.717, 1.165) is 6.42 Å². The Hall–Kier alpha value is -0.770. The maximum absolute atomic E-state index is 11.6. The largest absolute Gasteiger partial charge is 0.444 e. The zero-order valence-corrected chi connectivity index (χ0v) is 12.0. The van der Waals surface area contributed by atoms with E-state index in [1.165, 1.54) is 4.90 Å². The lowest BCUT2D eigenvalue weighted by atomic mass is 10.0. The van der Waals surface area contributed by atoms with Crippen LogP contribution in [0.3, 0.4) is 0 Å². The zero-order chi connectivity index (χ0) is 13.6. The quantitative estimate of drug-likeness (QED) is 0.810. The molecule has 0 aromatic heterocycles. The molecule has 4 nitrogen and oxygen atoms in total. The summed E-state index contributed by atoms with van der Waals surface area (Å²) in [5, 5.41) is 9.70. The number of ether oxygens (including phenoxy) is 1. The van der Waals surface area contributed by atoms with E-state index < -0.39 is 5.60 Å². The van der Waals surface area contributed by atoms with Gasteiger partial charge in [0.15, 0.2) is 0 Å². The fourth-order valence-corrected chi connectivity index (χ4v) is 1.44. The van der Waals surface area contributed by atoms with Crippen molar-refractivity contribution in [2.75, 3.05) is 13.6 Å². The second-order valence-electron chi connectivity index (χ2n) is 5.97.